The monoisotopic (exact) mass is 291 g/mol. The minimum Gasteiger partial charge on any atom is -0.296 e. The lowest BCUT2D eigenvalue weighted by Crippen LogP contribution is -2.38. The summed E-state index contributed by atoms with van der Waals surface area (Å²) in [5, 5.41) is 0. The van der Waals surface area contributed by atoms with Crippen molar-refractivity contribution in [2.45, 2.75) is 43.5 Å². The van der Waals surface area contributed by atoms with E-state index in [0.717, 1.165) is 11.5 Å². The van der Waals surface area contributed by atoms with Gasteiger partial charge in [0.25, 0.3) is 0 Å². The third-order valence-electron chi connectivity index (χ3n) is 4.34. The highest BCUT2D eigenvalue weighted by Crippen LogP contribution is 2.26. The zero-order valence-corrected chi connectivity index (χ0v) is 13.6. The Kier molecular flexibility index (Phi) is 5.67. The maximum Gasteiger partial charge on any atom is 0.176 e. The van der Waals surface area contributed by atoms with Crippen LogP contribution in [0.3, 0.4) is 0 Å². The summed E-state index contributed by atoms with van der Waals surface area (Å²) < 4.78 is 0. The summed E-state index contributed by atoms with van der Waals surface area (Å²) in [6, 6.07) is 8.53. The topological polar surface area (TPSA) is 20.3 Å². The van der Waals surface area contributed by atoms with Crippen molar-refractivity contribution in [3.8, 4) is 0 Å². The predicted octanol–water partition coefficient (Wildman–Crippen LogP) is 4.10. The van der Waals surface area contributed by atoms with Crippen molar-refractivity contribution in [2.75, 3.05) is 19.8 Å². The summed E-state index contributed by atoms with van der Waals surface area (Å²) >= 11 is 1.70. The third kappa shape index (κ3) is 4.10. The molecule has 0 spiro atoms. The Morgan fingerprint density at radius 3 is 2.60 bits per heavy atom. The number of nitrogens with zero attached hydrogens (tertiary/aromatic N) is 1. The number of hydrogen-bond donors (Lipinski definition) is 0. The van der Waals surface area contributed by atoms with Crippen LogP contribution < -0.4 is 0 Å². The maximum atomic E-state index is 12.3. The molecule has 2 rings (SSSR count). The van der Waals surface area contributed by atoms with Gasteiger partial charge in [-0.15, -0.1) is 11.8 Å². The first-order chi connectivity index (χ1) is 9.60. The molecule has 0 bridgehead atoms. The number of Topliss-reactive ketones (excluding diaryl/α,β-unsaturated/α-hetero) is 1. The number of ketones is 1. The van der Waals surface area contributed by atoms with E-state index >= 15 is 0 Å². The largest absolute Gasteiger partial charge is 0.296 e. The van der Waals surface area contributed by atoms with Gasteiger partial charge in [0, 0.05) is 16.5 Å². The van der Waals surface area contributed by atoms with Gasteiger partial charge in [0.05, 0.1) is 6.54 Å². The van der Waals surface area contributed by atoms with Crippen LogP contribution in [0.25, 0.3) is 0 Å². The summed E-state index contributed by atoms with van der Waals surface area (Å²) in [4.78, 5) is 15.8. The van der Waals surface area contributed by atoms with E-state index < -0.39 is 0 Å². The van der Waals surface area contributed by atoms with Crippen LogP contribution in [0.15, 0.2) is 29.2 Å². The number of hydrogen-bond acceptors (Lipinski definition) is 3. The van der Waals surface area contributed by atoms with Crippen molar-refractivity contribution < 1.29 is 4.79 Å². The smallest absolute Gasteiger partial charge is 0.176 e. The van der Waals surface area contributed by atoms with E-state index in [1.807, 2.05) is 24.3 Å². The quantitative estimate of drug-likeness (QED) is 0.602. The maximum absolute atomic E-state index is 12.3. The van der Waals surface area contributed by atoms with Gasteiger partial charge in [0.2, 0.25) is 0 Å². The molecule has 1 fully saturated rings. The van der Waals surface area contributed by atoms with Crippen LogP contribution in [-0.2, 0) is 0 Å². The van der Waals surface area contributed by atoms with Crippen LogP contribution in [0.5, 0.6) is 0 Å². The Bertz CT molecular complexity index is 443. The molecule has 1 aliphatic carbocycles. The molecule has 1 aromatic rings. The van der Waals surface area contributed by atoms with E-state index in [-0.39, 0.29) is 5.78 Å². The number of carbonyl (C=O) groups is 1. The molecule has 0 radical (unpaired) electrons. The summed E-state index contributed by atoms with van der Waals surface area (Å²) in [6.07, 6.45) is 7.16. The molecule has 20 heavy (non-hydrogen) atoms. The van der Waals surface area contributed by atoms with Crippen molar-refractivity contribution in [3.05, 3.63) is 29.8 Å². The van der Waals surface area contributed by atoms with E-state index in [9.17, 15) is 4.79 Å². The number of thioether (sulfide) groups is 1. The molecule has 2 unspecified atom stereocenters. The molecule has 0 amide bonds. The van der Waals surface area contributed by atoms with Crippen molar-refractivity contribution in [1.29, 1.82) is 0 Å². The van der Waals surface area contributed by atoms with Crippen LogP contribution in [0.1, 0.15) is 43.0 Å². The molecule has 1 saturated carbocycles. The fourth-order valence-electron chi connectivity index (χ4n) is 3.03. The number of carbonyl (C=O) groups excluding carboxylic acids is 1. The first kappa shape index (κ1) is 15.6. The van der Waals surface area contributed by atoms with E-state index in [1.165, 1.54) is 30.6 Å². The summed E-state index contributed by atoms with van der Waals surface area (Å²) in [6.45, 7) is 2.86. The highest BCUT2D eigenvalue weighted by Gasteiger charge is 2.23. The van der Waals surface area contributed by atoms with Crippen LogP contribution in [0.2, 0.25) is 0 Å². The molecule has 0 aliphatic heterocycles. The highest BCUT2D eigenvalue weighted by molar-refractivity contribution is 7.98. The second-order valence-corrected chi connectivity index (χ2v) is 6.87. The summed E-state index contributed by atoms with van der Waals surface area (Å²) in [5.41, 5.74) is 0.832. The molecule has 0 N–H and O–H groups in total. The van der Waals surface area contributed by atoms with Gasteiger partial charge in [-0.25, -0.2) is 0 Å². The van der Waals surface area contributed by atoms with Gasteiger partial charge in [0.1, 0.15) is 0 Å². The zero-order chi connectivity index (χ0) is 14.5. The Labute approximate surface area is 126 Å². The lowest BCUT2D eigenvalue weighted by Gasteiger charge is -2.33. The normalized spacial score (nSPS) is 23.0. The predicted molar refractivity (Wildman–Crippen MR) is 86.6 cm³/mol. The molecular formula is C17H25NOS. The van der Waals surface area contributed by atoms with Gasteiger partial charge < -0.3 is 0 Å². The Morgan fingerprint density at radius 1 is 1.30 bits per heavy atom. The van der Waals surface area contributed by atoms with Crippen LogP contribution in [0, 0.1) is 5.92 Å². The van der Waals surface area contributed by atoms with Crippen molar-refractivity contribution in [3.63, 3.8) is 0 Å². The molecule has 110 valence electrons. The standard InChI is InChI=1S/C17H25NOS/c1-13-5-4-6-15(11-13)18(2)12-17(19)14-7-9-16(20-3)10-8-14/h7-10,13,15H,4-6,11-12H2,1-3H3. The van der Waals surface area contributed by atoms with Crippen LogP contribution >= 0.6 is 11.8 Å². The first-order valence-corrected chi connectivity index (χ1v) is 8.70. The second kappa shape index (κ2) is 7.28. The molecule has 1 aliphatic rings. The first-order valence-electron chi connectivity index (χ1n) is 7.47. The SMILES string of the molecule is CSc1ccc(C(=O)CN(C)C2CCCC(C)C2)cc1. The van der Waals surface area contributed by atoms with E-state index in [2.05, 4.69) is 25.1 Å². The van der Waals surface area contributed by atoms with Gasteiger partial charge in [-0.3, -0.25) is 9.69 Å². The second-order valence-electron chi connectivity index (χ2n) is 5.99. The minimum atomic E-state index is 0.235. The van der Waals surface area contributed by atoms with Crippen molar-refractivity contribution in [1.82, 2.24) is 4.90 Å². The Balaban J connectivity index is 1.92. The molecule has 0 saturated heterocycles. The summed E-state index contributed by atoms with van der Waals surface area (Å²) in [7, 11) is 2.09. The van der Waals surface area contributed by atoms with E-state index in [4.69, 9.17) is 0 Å². The fraction of sp³-hybridized carbons (Fsp3) is 0.588. The molecule has 0 heterocycles. The van der Waals surface area contributed by atoms with Gasteiger partial charge in [-0.05, 0) is 44.2 Å². The Hall–Kier alpha value is -0.800. The van der Waals surface area contributed by atoms with Crippen LogP contribution in [-0.4, -0.2) is 36.6 Å². The molecule has 3 heteroatoms. The fourth-order valence-corrected chi connectivity index (χ4v) is 3.43. The number of likely N-dealkylation sites (N-methyl/N-ethyl adjacent to an activating group) is 1. The lowest BCUT2D eigenvalue weighted by atomic mass is 9.86. The van der Waals surface area contributed by atoms with E-state index in [0.29, 0.717) is 12.6 Å². The lowest BCUT2D eigenvalue weighted by molar-refractivity contribution is 0.0882. The molecule has 0 aromatic heterocycles. The third-order valence-corrected chi connectivity index (χ3v) is 5.08. The molecule has 2 nitrogen and oxygen atoms in total. The van der Waals surface area contributed by atoms with Gasteiger partial charge in [0.15, 0.2) is 5.78 Å². The zero-order valence-electron chi connectivity index (χ0n) is 12.8. The van der Waals surface area contributed by atoms with Gasteiger partial charge >= 0.3 is 0 Å². The Morgan fingerprint density at radius 2 is 2.00 bits per heavy atom. The minimum absolute atomic E-state index is 0.235. The summed E-state index contributed by atoms with van der Waals surface area (Å²) in [5.74, 6) is 1.03. The molecular weight excluding hydrogens is 266 g/mol. The number of rotatable bonds is 5. The molecule has 2 atom stereocenters. The van der Waals surface area contributed by atoms with Crippen molar-refractivity contribution in [2.24, 2.45) is 5.92 Å². The van der Waals surface area contributed by atoms with Crippen LogP contribution in [0.4, 0.5) is 0 Å². The van der Waals surface area contributed by atoms with Gasteiger partial charge in [-0.2, -0.15) is 0 Å². The van der Waals surface area contributed by atoms with Gasteiger partial charge in [-0.1, -0.05) is 31.9 Å². The molecule has 1 aromatic carbocycles. The van der Waals surface area contributed by atoms with Crippen molar-refractivity contribution >= 4 is 17.5 Å². The highest BCUT2D eigenvalue weighted by atomic mass is 32.2. The average molecular weight is 291 g/mol. The number of benzene rings is 1. The average Bonchev–Trinajstić information content (AvgIpc) is 2.47. The van der Waals surface area contributed by atoms with E-state index in [1.54, 1.807) is 11.8 Å².